The van der Waals surface area contributed by atoms with Crippen LogP contribution in [0.15, 0.2) is 0 Å². The number of piperidine rings is 2. The zero-order valence-electron chi connectivity index (χ0n) is 21.5. The lowest BCUT2D eigenvalue weighted by atomic mass is 9.49. The van der Waals surface area contributed by atoms with E-state index in [2.05, 4.69) is 11.8 Å². The van der Waals surface area contributed by atoms with Gasteiger partial charge in [0.25, 0.3) is 0 Å². The third kappa shape index (κ3) is 2.46. The Morgan fingerprint density at radius 2 is 1.67 bits per heavy atom. The zero-order valence-corrected chi connectivity index (χ0v) is 21.5. The van der Waals surface area contributed by atoms with Crippen LogP contribution < -0.4 is 0 Å². The highest BCUT2D eigenvalue weighted by Crippen LogP contribution is 2.76. The predicted molar refractivity (Wildman–Crippen MR) is 126 cm³/mol. The Morgan fingerprint density at radius 1 is 0.944 bits per heavy atom. The van der Waals surface area contributed by atoms with Gasteiger partial charge in [-0.15, -0.1) is 0 Å². The first kappa shape index (κ1) is 24.7. The number of ether oxygens (including phenoxy) is 1. The molecule has 7 N–H and O–H groups in total. The van der Waals surface area contributed by atoms with E-state index >= 15 is 0 Å². The molecule has 3 heterocycles. The van der Waals surface area contributed by atoms with Crippen LogP contribution in [0.2, 0.25) is 0 Å². The van der Waals surface area contributed by atoms with E-state index < -0.39 is 76.1 Å². The molecule has 0 unspecified atom stereocenters. The fraction of sp³-hybridized carbons (Fsp3) is 1.00. The molecule has 7 rings (SSSR count). The maximum atomic E-state index is 12.5. The van der Waals surface area contributed by atoms with Gasteiger partial charge in [-0.3, -0.25) is 4.90 Å². The second kappa shape index (κ2) is 7.04. The molecule has 4 bridgehead atoms. The molecule has 0 amide bonds. The highest BCUT2D eigenvalue weighted by molar-refractivity contribution is 5.33. The molecule has 204 valence electrons. The zero-order chi connectivity index (χ0) is 25.8. The molecule has 4 saturated carbocycles. The van der Waals surface area contributed by atoms with Gasteiger partial charge in [-0.25, -0.2) is 0 Å². The minimum atomic E-state index is -1.85. The van der Waals surface area contributed by atoms with Gasteiger partial charge in [-0.2, -0.15) is 0 Å². The van der Waals surface area contributed by atoms with Gasteiger partial charge >= 0.3 is 0 Å². The van der Waals surface area contributed by atoms with Crippen LogP contribution >= 0.6 is 0 Å². The summed E-state index contributed by atoms with van der Waals surface area (Å²) in [6.07, 6.45) is -1.92. The standard InChI is InChI=1S/C27H43NO8/c1-12-4-5-17-24(3,33)19-13(11-28(17)10-12)14-9-25-21(26(14,34)22(32)20(19)31)15(29)8-16-23(25,2)7-6-18(30)27(16,35)36-25/h12-22,29-35H,4-11H2,1-3H3/t12-,13+,14+,15-,16-,17-,18+,19-,20-,21+,22-,23+,24-,25-,26+,27-/m1/s1. The topological polar surface area (TPSA) is 154 Å². The van der Waals surface area contributed by atoms with Crippen LogP contribution in [-0.4, -0.2) is 107 Å². The predicted octanol–water partition coefficient (Wildman–Crippen LogP) is -0.814. The van der Waals surface area contributed by atoms with Crippen molar-refractivity contribution in [3.63, 3.8) is 0 Å². The summed E-state index contributed by atoms with van der Waals surface area (Å²) in [6, 6.07) is -0.130. The Bertz CT molecular complexity index is 964. The molecule has 1 spiro atoms. The van der Waals surface area contributed by atoms with Gasteiger partial charge in [0.15, 0.2) is 5.79 Å². The Morgan fingerprint density at radius 3 is 2.39 bits per heavy atom. The summed E-state index contributed by atoms with van der Waals surface area (Å²) in [5, 5.41) is 81.4. The van der Waals surface area contributed by atoms with Crippen LogP contribution in [-0.2, 0) is 4.74 Å². The molecular weight excluding hydrogens is 466 g/mol. The highest BCUT2D eigenvalue weighted by atomic mass is 16.7. The molecule has 3 aliphatic heterocycles. The lowest BCUT2D eigenvalue weighted by molar-refractivity contribution is -0.295. The highest BCUT2D eigenvalue weighted by Gasteiger charge is 2.86. The van der Waals surface area contributed by atoms with Crippen molar-refractivity contribution in [1.29, 1.82) is 0 Å². The second-order valence-electron chi connectivity index (χ2n) is 14.2. The van der Waals surface area contributed by atoms with Crippen molar-refractivity contribution in [2.24, 2.45) is 40.9 Å². The quantitative estimate of drug-likeness (QED) is 0.222. The van der Waals surface area contributed by atoms with Crippen molar-refractivity contribution in [3.8, 4) is 0 Å². The molecule has 0 aromatic heterocycles. The number of hydrogen-bond acceptors (Lipinski definition) is 9. The molecule has 0 radical (unpaired) electrons. The number of hydrogen-bond donors (Lipinski definition) is 7. The molecule has 9 heteroatoms. The van der Waals surface area contributed by atoms with Crippen LogP contribution in [0.25, 0.3) is 0 Å². The molecule has 36 heavy (non-hydrogen) atoms. The van der Waals surface area contributed by atoms with Crippen molar-refractivity contribution in [3.05, 3.63) is 0 Å². The van der Waals surface area contributed by atoms with Crippen LogP contribution in [0.1, 0.15) is 59.3 Å². The third-order valence-electron chi connectivity index (χ3n) is 12.8. The van der Waals surface area contributed by atoms with Crippen LogP contribution in [0.3, 0.4) is 0 Å². The molecule has 7 fully saturated rings. The van der Waals surface area contributed by atoms with E-state index in [-0.39, 0.29) is 18.4 Å². The van der Waals surface area contributed by atoms with E-state index in [1.165, 1.54) is 0 Å². The Kier molecular flexibility index (Phi) is 4.82. The summed E-state index contributed by atoms with van der Waals surface area (Å²) >= 11 is 0. The van der Waals surface area contributed by atoms with E-state index in [0.717, 1.165) is 19.4 Å². The number of aliphatic hydroxyl groups excluding tert-OH is 4. The van der Waals surface area contributed by atoms with Gasteiger partial charge in [0, 0.05) is 42.3 Å². The SMILES string of the molecule is C[C@@H]1CC[C@H]2N(C1)C[C@@H]1[C@H]([C@@H](O)[C@@H](O)[C@@]3(O)[C@H]4[C@H](O)C[C@H]5[C@@]6(O)O[C@@]4(C[C@@H]13)[C@@]5(C)CC[C@@H]6O)[C@]2(C)O. The van der Waals surface area contributed by atoms with E-state index in [9.17, 15) is 35.7 Å². The minimum absolute atomic E-state index is 0.130. The normalized spacial score (nSPS) is 68.0. The van der Waals surface area contributed by atoms with Gasteiger partial charge in [0.1, 0.15) is 17.8 Å². The smallest absolute Gasteiger partial charge is 0.196 e. The van der Waals surface area contributed by atoms with E-state index in [1.807, 2.05) is 6.92 Å². The molecule has 3 saturated heterocycles. The second-order valence-corrected chi connectivity index (χ2v) is 14.2. The van der Waals surface area contributed by atoms with E-state index in [4.69, 9.17) is 4.74 Å². The fourth-order valence-corrected chi connectivity index (χ4v) is 11.4. The lowest BCUT2D eigenvalue weighted by Gasteiger charge is -2.63. The largest absolute Gasteiger partial charge is 0.393 e. The van der Waals surface area contributed by atoms with Crippen LogP contribution in [0.4, 0.5) is 0 Å². The summed E-state index contributed by atoms with van der Waals surface area (Å²) in [4.78, 5) is 2.30. The van der Waals surface area contributed by atoms with Crippen molar-refractivity contribution < 1.29 is 40.5 Å². The summed E-state index contributed by atoms with van der Waals surface area (Å²) < 4.78 is 6.51. The van der Waals surface area contributed by atoms with Gasteiger partial charge in [0.2, 0.25) is 0 Å². The summed E-state index contributed by atoms with van der Waals surface area (Å²) in [5.74, 6) is -4.29. The third-order valence-corrected chi connectivity index (χ3v) is 12.8. The molecule has 16 atom stereocenters. The summed E-state index contributed by atoms with van der Waals surface area (Å²) in [5.41, 5.74) is -4.88. The van der Waals surface area contributed by atoms with E-state index in [0.29, 0.717) is 31.7 Å². The molecule has 9 nitrogen and oxygen atoms in total. The average molecular weight is 510 g/mol. The first-order valence-electron chi connectivity index (χ1n) is 14.1. The molecule has 7 aliphatic rings. The summed E-state index contributed by atoms with van der Waals surface area (Å²) in [7, 11) is 0. The number of fused-ring (bicyclic) bond motifs is 5. The number of nitrogens with zero attached hydrogens (tertiary/aromatic N) is 1. The molecular formula is C27H43NO8. The maximum Gasteiger partial charge on any atom is 0.196 e. The lowest BCUT2D eigenvalue weighted by Crippen LogP contribution is -2.76. The molecule has 0 aromatic rings. The van der Waals surface area contributed by atoms with Crippen molar-refractivity contribution in [2.75, 3.05) is 13.1 Å². The monoisotopic (exact) mass is 509 g/mol. The average Bonchev–Trinajstić information content (AvgIpc) is 3.08. The Balaban J connectivity index is 1.37. The van der Waals surface area contributed by atoms with Crippen molar-refractivity contribution in [1.82, 2.24) is 4.90 Å². The van der Waals surface area contributed by atoms with Gasteiger partial charge < -0.3 is 40.5 Å². The summed E-state index contributed by atoms with van der Waals surface area (Å²) in [6.45, 7) is 7.40. The number of aliphatic hydroxyl groups is 7. The van der Waals surface area contributed by atoms with Gasteiger partial charge in [0.05, 0.1) is 23.4 Å². The first-order valence-corrected chi connectivity index (χ1v) is 14.1. The van der Waals surface area contributed by atoms with Crippen molar-refractivity contribution >= 4 is 0 Å². The molecule has 4 aliphatic carbocycles. The first-order chi connectivity index (χ1) is 16.7. The van der Waals surface area contributed by atoms with Crippen molar-refractivity contribution in [2.45, 2.75) is 112 Å². The van der Waals surface area contributed by atoms with Crippen LogP contribution in [0, 0.1) is 40.9 Å². The van der Waals surface area contributed by atoms with Crippen LogP contribution in [0.5, 0.6) is 0 Å². The maximum absolute atomic E-state index is 12.5. The van der Waals surface area contributed by atoms with Gasteiger partial charge in [-0.1, -0.05) is 13.8 Å². The Hall–Kier alpha value is -0.360. The van der Waals surface area contributed by atoms with Gasteiger partial charge in [-0.05, 0) is 63.2 Å². The fourth-order valence-electron chi connectivity index (χ4n) is 11.4. The minimum Gasteiger partial charge on any atom is -0.393 e. The Labute approximate surface area is 212 Å². The van der Waals surface area contributed by atoms with E-state index in [1.54, 1.807) is 6.92 Å². The molecule has 0 aromatic carbocycles. The number of rotatable bonds is 0.